The number of pyridine rings is 1. The van der Waals surface area contributed by atoms with Crippen molar-refractivity contribution in [3.8, 4) is 0 Å². The van der Waals surface area contributed by atoms with Crippen LogP contribution in [0.5, 0.6) is 0 Å². The standard InChI is InChI=1S/C9H8ClN3O2/c10-8-6-2-1-5(9(14)15)4-13(6)7(3-11)12-8/h1-2,4H,3,11H2,(H,14,15). The first kappa shape index (κ1) is 9.95. The molecule has 2 aromatic heterocycles. The molecule has 78 valence electrons. The summed E-state index contributed by atoms with van der Waals surface area (Å²) in [6.45, 7) is 0.205. The molecule has 0 aliphatic heterocycles. The minimum absolute atomic E-state index is 0.172. The van der Waals surface area contributed by atoms with Gasteiger partial charge in [0.1, 0.15) is 5.82 Å². The largest absolute Gasteiger partial charge is 0.478 e. The van der Waals surface area contributed by atoms with E-state index in [1.54, 1.807) is 10.5 Å². The summed E-state index contributed by atoms with van der Waals surface area (Å²) in [7, 11) is 0. The van der Waals surface area contributed by atoms with Crippen LogP contribution in [0.1, 0.15) is 16.2 Å². The van der Waals surface area contributed by atoms with E-state index in [2.05, 4.69) is 4.98 Å². The number of rotatable bonds is 2. The van der Waals surface area contributed by atoms with Crippen LogP contribution in [0.15, 0.2) is 18.3 Å². The molecule has 2 rings (SSSR count). The highest BCUT2D eigenvalue weighted by Crippen LogP contribution is 2.18. The molecule has 0 atom stereocenters. The van der Waals surface area contributed by atoms with Gasteiger partial charge in [-0.1, -0.05) is 11.6 Å². The summed E-state index contributed by atoms with van der Waals surface area (Å²) in [6, 6.07) is 3.09. The molecule has 0 aliphatic carbocycles. The fraction of sp³-hybridized carbons (Fsp3) is 0.111. The molecule has 15 heavy (non-hydrogen) atoms. The van der Waals surface area contributed by atoms with E-state index >= 15 is 0 Å². The van der Waals surface area contributed by atoms with Crippen LogP contribution in [0.25, 0.3) is 5.52 Å². The lowest BCUT2D eigenvalue weighted by molar-refractivity contribution is 0.0696. The zero-order valence-electron chi connectivity index (χ0n) is 7.64. The second-order valence-corrected chi connectivity index (χ2v) is 3.36. The van der Waals surface area contributed by atoms with Gasteiger partial charge in [-0.05, 0) is 12.1 Å². The van der Waals surface area contributed by atoms with Crippen molar-refractivity contribution >= 4 is 23.1 Å². The molecule has 3 N–H and O–H groups in total. The van der Waals surface area contributed by atoms with Crippen molar-refractivity contribution in [2.75, 3.05) is 0 Å². The third-order valence-corrected chi connectivity index (χ3v) is 2.37. The number of hydrogen-bond acceptors (Lipinski definition) is 3. The topological polar surface area (TPSA) is 80.6 Å². The minimum Gasteiger partial charge on any atom is -0.478 e. The molecule has 0 aromatic carbocycles. The van der Waals surface area contributed by atoms with Gasteiger partial charge in [0.25, 0.3) is 0 Å². The number of hydrogen-bond donors (Lipinski definition) is 2. The summed E-state index contributed by atoms with van der Waals surface area (Å²) in [5.41, 5.74) is 6.29. The van der Waals surface area contributed by atoms with Gasteiger partial charge in [0, 0.05) is 6.20 Å². The highest BCUT2D eigenvalue weighted by Gasteiger charge is 2.10. The van der Waals surface area contributed by atoms with Crippen molar-refractivity contribution in [1.82, 2.24) is 9.38 Å². The predicted molar refractivity (Wildman–Crippen MR) is 55.1 cm³/mol. The molecule has 0 spiro atoms. The maximum Gasteiger partial charge on any atom is 0.337 e. The van der Waals surface area contributed by atoms with E-state index in [1.165, 1.54) is 12.3 Å². The number of nitrogens with two attached hydrogens (primary N) is 1. The second-order valence-electron chi connectivity index (χ2n) is 3.00. The molecule has 0 unspecified atom stereocenters. The lowest BCUT2D eigenvalue weighted by Crippen LogP contribution is -2.04. The number of fused-ring (bicyclic) bond motifs is 1. The molecule has 0 saturated heterocycles. The number of carboxylic acid groups (broad SMARTS) is 1. The van der Waals surface area contributed by atoms with Gasteiger partial charge in [0.2, 0.25) is 0 Å². The first-order chi connectivity index (χ1) is 7.13. The Labute approximate surface area is 90.1 Å². The zero-order chi connectivity index (χ0) is 11.0. The molecule has 2 heterocycles. The molecule has 6 heteroatoms. The van der Waals surface area contributed by atoms with Gasteiger partial charge in [0.15, 0.2) is 5.15 Å². The van der Waals surface area contributed by atoms with E-state index in [1.807, 2.05) is 0 Å². The van der Waals surface area contributed by atoms with E-state index < -0.39 is 5.97 Å². The first-order valence-corrected chi connectivity index (χ1v) is 4.61. The Balaban J connectivity index is 2.73. The maximum atomic E-state index is 10.8. The lowest BCUT2D eigenvalue weighted by atomic mass is 10.3. The van der Waals surface area contributed by atoms with Crippen molar-refractivity contribution in [3.63, 3.8) is 0 Å². The van der Waals surface area contributed by atoms with Gasteiger partial charge in [0.05, 0.1) is 17.6 Å². The van der Waals surface area contributed by atoms with Crippen LogP contribution < -0.4 is 5.73 Å². The van der Waals surface area contributed by atoms with Gasteiger partial charge in [-0.25, -0.2) is 9.78 Å². The Bertz CT molecular complexity index is 535. The third-order valence-electron chi connectivity index (χ3n) is 2.09. The molecule has 0 saturated carbocycles. The fourth-order valence-corrected chi connectivity index (χ4v) is 1.63. The molecule has 0 amide bonds. The van der Waals surface area contributed by atoms with Crippen molar-refractivity contribution in [3.05, 3.63) is 34.9 Å². The summed E-state index contributed by atoms with van der Waals surface area (Å²) in [5, 5.41) is 9.14. The average Bonchev–Trinajstić information content (AvgIpc) is 2.55. The Morgan fingerprint density at radius 1 is 1.60 bits per heavy atom. The number of carboxylic acids is 1. The summed E-state index contributed by atoms with van der Waals surface area (Å²) in [5.74, 6) is -0.456. The normalized spacial score (nSPS) is 10.8. The minimum atomic E-state index is -0.996. The monoisotopic (exact) mass is 225 g/mol. The molecule has 2 aromatic rings. The van der Waals surface area contributed by atoms with Crippen LogP contribution in [-0.2, 0) is 6.54 Å². The zero-order valence-corrected chi connectivity index (χ0v) is 8.40. The Morgan fingerprint density at radius 3 is 2.93 bits per heavy atom. The predicted octanol–water partition coefficient (Wildman–Crippen LogP) is 1.14. The molecule has 0 aliphatic rings. The van der Waals surface area contributed by atoms with Crippen LogP contribution in [-0.4, -0.2) is 20.5 Å². The van der Waals surface area contributed by atoms with Gasteiger partial charge in [-0.3, -0.25) is 0 Å². The molecule has 0 fully saturated rings. The van der Waals surface area contributed by atoms with Crippen molar-refractivity contribution < 1.29 is 9.90 Å². The number of aromatic nitrogens is 2. The van der Waals surface area contributed by atoms with E-state index in [-0.39, 0.29) is 12.1 Å². The Hall–Kier alpha value is -1.59. The SMILES string of the molecule is NCc1nc(Cl)c2ccc(C(=O)O)cn12. The van der Waals surface area contributed by atoms with Crippen LogP contribution in [0, 0.1) is 0 Å². The summed E-state index contributed by atoms with van der Waals surface area (Å²) >= 11 is 5.85. The number of halogens is 1. The Morgan fingerprint density at radius 2 is 2.33 bits per heavy atom. The molecular weight excluding hydrogens is 218 g/mol. The Kier molecular flexibility index (Phi) is 2.34. The average molecular weight is 226 g/mol. The number of nitrogens with zero attached hydrogens (tertiary/aromatic N) is 2. The van der Waals surface area contributed by atoms with E-state index in [4.69, 9.17) is 22.4 Å². The lowest BCUT2D eigenvalue weighted by Gasteiger charge is -1.99. The smallest absolute Gasteiger partial charge is 0.337 e. The summed E-state index contributed by atoms with van der Waals surface area (Å²) < 4.78 is 1.59. The van der Waals surface area contributed by atoms with Crippen LogP contribution in [0.3, 0.4) is 0 Å². The van der Waals surface area contributed by atoms with E-state index in [9.17, 15) is 4.79 Å². The van der Waals surface area contributed by atoms with Gasteiger partial charge < -0.3 is 15.2 Å². The fourth-order valence-electron chi connectivity index (χ4n) is 1.38. The molecular formula is C9H8ClN3O2. The molecule has 5 nitrogen and oxygen atoms in total. The second kappa shape index (κ2) is 3.52. The van der Waals surface area contributed by atoms with Crippen molar-refractivity contribution in [2.24, 2.45) is 5.73 Å². The number of aromatic carboxylic acids is 1. The van der Waals surface area contributed by atoms with Gasteiger partial charge in [-0.2, -0.15) is 0 Å². The molecule has 0 bridgehead atoms. The van der Waals surface area contributed by atoms with E-state index in [0.717, 1.165) is 0 Å². The van der Waals surface area contributed by atoms with E-state index in [0.29, 0.717) is 16.5 Å². The van der Waals surface area contributed by atoms with Crippen LogP contribution in [0.2, 0.25) is 5.15 Å². The quantitative estimate of drug-likeness (QED) is 0.803. The number of carbonyl (C=O) groups is 1. The third kappa shape index (κ3) is 1.55. The maximum absolute atomic E-state index is 10.8. The van der Waals surface area contributed by atoms with Crippen molar-refractivity contribution in [1.29, 1.82) is 0 Å². The molecule has 0 radical (unpaired) electrons. The van der Waals surface area contributed by atoms with Crippen LogP contribution in [0.4, 0.5) is 0 Å². The summed E-state index contributed by atoms with van der Waals surface area (Å²) in [6.07, 6.45) is 1.46. The summed E-state index contributed by atoms with van der Waals surface area (Å²) in [4.78, 5) is 14.8. The van der Waals surface area contributed by atoms with Crippen LogP contribution >= 0.6 is 11.6 Å². The van der Waals surface area contributed by atoms with Gasteiger partial charge in [-0.15, -0.1) is 0 Å². The number of imidazole rings is 1. The highest BCUT2D eigenvalue weighted by atomic mass is 35.5. The van der Waals surface area contributed by atoms with Gasteiger partial charge >= 0.3 is 5.97 Å². The highest BCUT2D eigenvalue weighted by molar-refractivity contribution is 6.32. The van der Waals surface area contributed by atoms with Crippen molar-refractivity contribution in [2.45, 2.75) is 6.54 Å². The first-order valence-electron chi connectivity index (χ1n) is 4.23.